The lowest BCUT2D eigenvalue weighted by Crippen LogP contribution is -1.99. The van der Waals surface area contributed by atoms with Crippen LogP contribution in [0.4, 0.5) is 0 Å². The molecule has 0 N–H and O–H groups in total. The molecule has 0 amide bonds. The molecule has 0 radical (unpaired) electrons. The molecule has 2 atom stereocenters. The number of hydrogen-bond donors (Lipinski definition) is 0. The fourth-order valence-corrected chi connectivity index (χ4v) is 0.964. The quantitative estimate of drug-likeness (QED) is 0.441. The van der Waals surface area contributed by atoms with Crippen molar-refractivity contribution in [1.29, 1.82) is 0 Å². The molecule has 0 saturated heterocycles. The molecular formula is C6H11O2S-. The van der Waals surface area contributed by atoms with Gasteiger partial charge in [-0.3, -0.25) is 4.21 Å². The Bertz CT molecular complexity index is 112. The van der Waals surface area contributed by atoms with Crippen LogP contribution in [-0.4, -0.2) is 14.5 Å². The Balaban J connectivity index is 3.26. The van der Waals surface area contributed by atoms with Crippen LogP contribution >= 0.6 is 0 Å². The van der Waals surface area contributed by atoms with Crippen molar-refractivity contribution in [3.05, 3.63) is 12.7 Å². The van der Waals surface area contributed by atoms with Gasteiger partial charge in [-0.25, -0.2) is 0 Å². The van der Waals surface area contributed by atoms with Gasteiger partial charge in [0, 0.05) is 5.75 Å². The Morgan fingerprint density at radius 2 is 2.44 bits per heavy atom. The molecular weight excluding hydrogens is 136 g/mol. The molecule has 0 rings (SSSR count). The van der Waals surface area contributed by atoms with Gasteiger partial charge in [0.1, 0.15) is 0 Å². The summed E-state index contributed by atoms with van der Waals surface area (Å²) < 4.78 is 20.0. The number of allylic oxidation sites excluding steroid dienone is 1. The summed E-state index contributed by atoms with van der Waals surface area (Å²) in [6, 6.07) is 0. The van der Waals surface area contributed by atoms with Crippen molar-refractivity contribution in [2.24, 2.45) is 5.92 Å². The highest BCUT2D eigenvalue weighted by Crippen LogP contribution is 2.01. The minimum Gasteiger partial charge on any atom is -0.772 e. The normalized spacial score (nSPS) is 16.7. The van der Waals surface area contributed by atoms with Gasteiger partial charge in [0.2, 0.25) is 0 Å². The van der Waals surface area contributed by atoms with Crippen molar-refractivity contribution >= 4 is 11.1 Å². The first-order chi connectivity index (χ1) is 4.16. The molecule has 0 aliphatic carbocycles. The molecule has 0 aromatic rings. The Kier molecular flexibility index (Phi) is 4.62. The first-order valence-corrected chi connectivity index (χ1v) is 4.09. The van der Waals surface area contributed by atoms with Crippen LogP contribution in [0.3, 0.4) is 0 Å². The lowest BCUT2D eigenvalue weighted by Gasteiger charge is -2.06. The van der Waals surface area contributed by atoms with Crippen LogP contribution < -0.4 is 0 Å². The topological polar surface area (TPSA) is 40.1 Å². The average molecular weight is 147 g/mol. The Morgan fingerprint density at radius 3 is 2.78 bits per heavy atom. The molecule has 0 aliphatic rings. The molecule has 0 fully saturated rings. The van der Waals surface area contributed by atoms with Gasteiger partial charge in [0.05, 0.1) is 0 Å². The van der Waals surface area contributed by atoms with Crippen LogP contribution in [0.1, 0.15) is 13.3 Å². The van der Waals surface area contributed by atoms with Gasteiger partial charge in [-0.15, -0.1) is 6.58 Å². The largest absolute Gasteiger partial charge is 0.772 e. The average Bonchev–Trinajstić information content (AvgIpc) is 1.83. The highest BCUT2D eigenvalue weighted by Gasteiger charge is 1.93. The second-order valence-corrected chi connectivity index (χ2v) is 3.03. The van der Waals surface area contributed by atoms with E-state index in [-0.39, 0.29) is 5.75 Å². The zero-order chi connectivity index (χ0) is 7.28. The van der Waals surface area contributed by atoms with Crippen molar-refractivity contribution in [2.75, 3.05) is 5.75 Å². The molecule has 3 heteroatoms. The van der Waals surface area contributed by atoms with E-state index in [1.54, 1.807) is 6.08 Å². The van der Waals surface area contributed by atoms with E-state index >= 15 is 0 Å². The smallest absolute Gasteiger partial charge is 0.0107 e. The predicted molar refractivity (Wildman–Crippen MR) is 37.8 cm³/mol. The van der Waals surface area contributed by atoms with Crippen LogP contribution in [-0.2, 0) is 11.1 Å². The van der Waals surface area contributed by atoms with Gasteiger partial charge in [0.15, 0.2) is 0 Å². The zero-order valence-electron chi connectivity index (χ0n) is 5.50. The Labute approximate surface area is 58.3 Å². The SMILES string of the molecule is C=CC(C)CCS(=O)[O-]. The van der Waals surface area contributed by atoms with Crippen molar-refractivity contribution in [3.63, 3.8) is 0 Å². The van der Waals surface area contributed by atoms with Crippen molar-refractivity contribution in [2.45, 2.75) is 13.3 Å². The highest BCUT2D eigenvalue weighted by molar-refractivity contribution is 7.79. The third kappa shape index (κ3) is 5.73. The molecule has 2 unspecified atom stereocenters. The number of hydrogen-bond acceptors (Lipinski definition) is 2. The maximum absolute atomic E-state index is 9.99. The van der Waals surface area contributed by atoms with E-state index in [9.17, 15) is 8.76 Å². The van der Waals surface area contributed by atoms with E-state index < -0.39 is 11.1 Å². The predicted octanol–water partition coefficient (Wildman–Crippen LogP) is 1.08. The van der Waals surface area contributed by atoms with Gasteiger partial charge < -0.3 is 4.55 Å². The summed E-state index contributed by atoms with van der Waals surface area (Å²) >= 11 is -1.89. The zero-order valence-corrected chi connectivity index (χ0v) is 6.32. The molecule has 9 heavy (non-hydrogen) atoms. The fraction of sp³-hybridized carbons (Fsp3) is 0.667. The highest BCUT2D eigenvalue weighted by atomic mass is 32.2. The fourth-order valence-electron chi connectivity index (χ4n) is 0.400. The van der Waals surface area contributed by atoms with E-state index in [1.807, 2.05) is 6.92 Å². The van der Waals surface area contributed by atoms with Gasteiger partial charge in [-0.2, -0.15) is 0 Å². The van der Waals surface area contributed by atoms with Crippen LogP contribution in [0.25, 0.3) is 0 Å². The first-order valence-electron chi connectivity index (χ1n) is 2.85. The molecule has 0 bridgehead atoms. The van der Waals surface area contributed by atoms with E-state index in [1.165, 1.54) is 0 Å². The molecule has 2 nitrogen and oxygen atoms in total. The molecule has 0 aliphatic heterocycles. The molecule has 0 saturated carbocycles. The van der Waals surface area contributed by atoms with Crippen LogP contribution in [0, 0.1) is 5.92 Å². The molecule has 0 aromatic carbocycles. The van der Waals surface area contributed by atoms with Crippen molar-refractivity contribution in [1.82, 2.24) is 0 Å². The van der Waals surface area contributed by atoms with Gasteiger partial charge >= 0.3 is 0 Å². The van der Waals surface area contributed by atoms with Gasteiger partial charge in [-0.05, 0) is 12.3 Å². The summed E-state index contributed by atoms with van der Waals surface area (Å²) in [5, 5.41) is 0. The summed E-state index contributed by atoms with van der Waals surface area (Å²) in [6.07, 6.45) is 2.44. The van der Waals surface area contributed by atoms with Gasteiger partial charge in [0.25, 0.3) is 0 Å². The summed E-state index contributed by atoms with van der Waals surface area (Å²) in [4.78, 5) is 0. The number of rotatable bonds is 4. The monoisotopic (exact) mass is 147 g/mol. The Morgan fingerprint density at radius 1 is 1.89 bits per heavy atom. The van der Waals surface area contributed by atoms with Crippen LogP contribution in [0.2, 0.25) is 0 Å². The summed E-state index contributed by atoms with van der Waals surface area (Å²) in [6.45, 7) is 5.48. The van der Waals surface area contributed by atoms with E-state index in [2.05, 4.69) is 6.58 Å². The molecule has 0 heterocycles. The molecule has 54 valence electrons. The summed E-state index contributed by atoms with van der Waals surface area (Å²) in [7, 11) is 0. The molecule has 0 aromatic heterocycles. The van der Waals surface area contributed by atoms with E-state index in [0.29, 0.717) is 12.3 Å². The second kappa shape index (κ2) is 4.70. The minimum atomic E-state index is -1.89. The third-order valence-corrected chi connectivity index (χ3v) is 1.71. The third-order valence-electron chi connectivity index (χ3n) is 1.14. The minimum absolute atomic E-state index is 0.243. The van der Waals surface area contributed by atoms with E-state index in [0.717, 1.165) is 0 Å². The van der Waals surface area contributed by atoms with Crippen LogP contribution in [0.5, 0.6) is 0 Å². The lowest BCUT2D eigenvalue weighted by atomic mass is 10.1. The standard InChI is InChI=1S/C6H12O2S/c1-3-6(2)4-5-9(7)8/h3,6H,1,4-5H2,2H3,(H,7,8)/p-1. The van der Waals surface area contributed by atoms with Crippen LogP contribution in [0.15, 0.2) is 12.7 Å². The molecule has 0 spiro atoms. The van der Waals surface area contributed by atoms with Gasteiger partial charge in [-0.1, -0.05) is 24.1 Å². The van der Waals surface area contributed by atoms with Crippen molar-refractivity contribution < 1.29 is 8.76 Å². The summed E-state index contributed by atoms with van der Waals surface area (Å²) in [5.74, 6) is 0.551. The maximum atomic E-state index is 9.99. The first kappa shape index (κ1) is 8.85. The second-order valence-electron chi connectivity index (χ2n) is 2.01. The van der Waals surface area contributed by atoms with Crippen molar-refractivity contribution in [3.8, 4) is 0 Å². The Hall–Kier alpha value is -0.150. The summed E-state index contributed by atoms with van der Waals surface area (Å²) in [5.41, 5.74) is 0. The lowest BCUT2D eigenvalue weighted by molar-refractivity contribution is 0.530. The maximum Gasteiger partial charge on any atom is 0.0107 e. The van der Waals surface area contributed by atoms with E-state index in [4.69, 9.17) is 0 Å².